The lowest BCUT2D eigenvalue weighted by atomic mass is 10.1. The van der Waals surface area contributed by atoms with Crippen LogP contribution in [0.15, 0.2) is 18.2 Å². The van der Waals surface area contributed by atoms with Gasteiger partial charge in [-0.05, 0) is 17.7 Å². The Balaban J connectivity index is 2.33. The van der Waals surface area contributed by atoms with Crippen LogP contribution in [0.2, 0.25) is 0 Å². The summed E-state index contributed by atoms with van der Waals surface area (Å²) >= 11 is 0. The zero-order valence-electron chi connectivity index (χ0n) is 7.14. The van der Waals surface area contributed by atoms with Gasteiger partial charge in [0.2, 0.25) is 6.79 Å². The van der Waals surface area contributed by atoms with E-state index in [9.17, 15) is 9.90 Å². The highest BCUT2D eigenvalue weighted by molar-refractivity contribution is 5.74. The van der Waals surface area contributed by atoms with Crippen LogP contribution in [0.25, 0.3) is 0 Å². The van der Waals surface area contributed by atoms with Gasteiger partial charge in [0.25, 0.3) is 0 Å². The van der Waals surface area contributed by atoms with Gasteiger partial charge >= 0.3 is 5.97 Å². The van der Waals surface area contributed by atoms with Gasteiger partial charge in [-0.15, -0.1) is 0 Å². The number of hydrogen-bond donors (Lipinski definition) is 2. The summed E-state index contributed by atoms with van der Waals surface area (Å²) in [5.74, 6) is -0.266. The summed E-state index contributed by atoms with van der Waals surface area (Å²) < 4.78 is 10.1. The van der Waals surface area contributed by atoms with Gasteiger partial charge in [0.05, 0.1) is 0 Å². The Morgan fingerprint density at radius 2 is 2.07 bits per heavy atom. The van der Waals surface area contributed by atoms with E-state index in [1.807, 2.05) is 0 Å². The summed E-state index contributed by atoms with van der Waals surface area (Å²) in [7, 11) is 0. The highest BCUT2D eigenvalue weighted by Gasteiger charge is 2.20. The van der Waals surface area contributed by atoms with E-state index in [0.29, 0.717) is 11.5 Å². The first-order valence-electron chi connectivity index (χ1n) is 3.99. The van der Waals surface area contributed by atoms with Crippen LogP contribution in [0.1, 0.15) is 11.7 Å². The third-order valence-corrected chi connectivity index (χ3v) is 1.95. The molecule has 0 fully saturated rings. The van der Waals surface area contributed by atoms with Gasteiger partial charge in [-0.1, -0.05) is 6.07 Å². The standard InChI is InChI=1S/C9H8O5/c10-8(9(11)12)5-1-2-6-7(3-5)14-4-13-6/h1-3,8,10H,4H2,(H,11,12)/t8-/m0/s1. The maximum atomic E-state index is 10.5. The van der Waals surface area contributed by atoms with Crippen molar-refractivity contribution in [2.24, 2.45) is 0 Å². The van der Waals surface area contributed by atoms with Crippen LogP contribution < -0.4 is 9.47 Å². The number of carbonyl (C=O) groups is 1. The van der Waals surface area contributed by atoms with Crippen molar-refractivity contribution in [2.75, 3.05) is 6.79 Å². The molecule has 1 aliphatic heterocycles. The monoisotopic (exact) mass is 196 g/mol. The minimum Gasteiger partial charge on any atom is -0.479 e. The Hall–Kier alpha value is -1.75. The molecule has 1 aromatic rings. The first-order chi connectivity index (χ1) is 6.68. The van der Waals surface area contributed by atoms with Crippen LogP contribution in [-0.4, -0.2) is 23.0 Å². The average molecular weight is 196 g/mol. The number of benzene rings is 1. The van der Waals surface area contributed by atoms with Crippen molar-refractivity contribution in [3.8, 4) is 11.5 Å². The molecule has 14 heavy (non-hydrogen) atoms. The fourth-order valence-electron chi connectivity index (χ4n) is 1.23. The Kier molecular flexibility index (Phi) is 2.01. The Morgan fingerprint density at radius 3 is 2.79 bits per heavy atom. The fraction of sp³-hybridized carbons (Fsp3) is 0.222. The summed E-state index contributed by atoms with van der Waals surface area (Å²) in [6.07, 6.45) is -1.52. The molecule has 0 aromatic heterocycles. The Morgan fingerprint density at radius 1 is 1.36 bits per heavy atom. The lowest BCUT2D eigenvalue weighted by Gasteiger charge is -2.05. The lowest BCUT2D eigenvalue weighted by molar-refractivity contribution is -0.146. The molecule has 1 aliphatic rings. The smallest absolute Gasteiger partial charge is 0.337 e. The molecule has 0 aliphatic carbocycles. The molecule has 0 radical (unpaired) electrons. The first-order valence-corrected chi connectivity index (χ1v) is 3.99. The second-order valence-electron chi connectivity index (χ2n) is 2.85. The minimum absolute atomic E-state index is 0.127. The predicted octanol–water partition coefficient (Wildman–Crippen LogP) is 0.533. The number of ether oxygens (including phenoxy) is 2. The van der Waals surface area contributed by atoms with Crippen LogP contribution in [0.5, 0.6) is 11.5 Å². The second kappa shape index (κ2) is 3.19. The Labute approximate surface area is 79.5 Å². The van der Waals surface area contributed by atoms with E-state index in [1.54, 1.807) is 6.07 Å². The molecule has 0 bridgehead atoms. The van der Waals surface area contributed by atoms with Crippen LogP contribution in [0.3, 0.4) is 0 Å². The van der Waals surface area contributed by atoms with Crippen LogP contribution in [0.4, 0.5) is 0 Å². The van der Waals surface area contributed by atoms with Gasteiger partial charge < -0.3 is 19.7 Å². The SMILES string of the molecule is O=C(O)[C@@H](O)c1ccc2c(c1)OCO2. The molecule has 0 spiro atoms. The minimum atomic E-state index is -1.52. The van der Waals surface area contributed by atoms with Crippen molar-refractivity contribution in [2.45, 2.75) is 6.10 Å². The van der Waals surface area contributed by atoms with Crippen molar-refractivity contribution in [3.63, 3.8) is 0 Å². The van der Waals surface area contributed by atoms with Crippen LogP contribution in [-0.2, 0) is 4.79 Å². The quantitative estimate of drug-likeness (QED) is 0.721. The molecule has 0 amide bonds. The van der Waals surface area contributed by atoms with E-state index in [2.05, 4.69) is 0 Å². The summed E-state index contributed by atoms with van der Waals surface area (Å²) in [4.78, 5) is 10.5. The number of carboxylic acids is 1. The van der Waals surface area contributed by atoms with E-state index >= 15 is 0 Å². The maximum Gasteiger partial charge on any atom is 0.337 e. The molecule has 1 atom stereocenters. The molecular formula is C9H8O5. The van der Waals surface area contributed by atoms with E-state index in [0.717, 1.165) is 0 Å². The summed E-state index contributed by atoms with van der Waals surface area (Å²) in [6.45, 7) is 0.127. The average Bonchev–Trinajstić information content (AvgIpc) is 2.62. The van der Waals surface area contributed by atoms with Gasteiger partial charge in [0.1, 0.15) is 0 Å². The lowest BCUT2D eigenvalue weighted by Crippen LogP contribution is -2.10. The van der Waals surface area contributed by atoms with Gasteiger partial charge in [-0.25, -0.2) is 4.79 Å². The number of hydrogen-bond acceptors (Lipinski definition) is 4. The van der Waals surface area contributed by atoms with E-state index in [4.69, 9.17) is 14.6 Å². The highest BCUT2D eigenvalue weighted by Crippen LogP contribution is 2.34. The van der Waals surface area contributed by atoms with Crippen molar-refractivity contribution in [1.29, 1.82) is 0 Å². The van der Waals surface area contributed by atoms with Gasteiger partial charge in [0.15, 0.2) is 17.6 Å². The number of aliphatic hydroxyl groups is 1. The second-order valence-corrected chi connectivity index (χ2v) is 2.85. The van der Waals surface area contributed by atoms with Crippen molar-refractivity contribution < 1.29 is 24.5 Å². The third-order valence-electron chi connectivity index (χ3n) is 1.95. The first kappa shape index (κ1) is 8.83. The van der Waals surface area contributed by atoms with E-state index < -0.39 is 12.1 Å². The molecule has 1 aromatic carbocycles. The summed E-state index contributed by atoms with van der Waals surface area (Å²) in [6, 6.07) is 4.53. The van der Waals surface area contributed by atoms with Crippen molar-refractivity contribution in [1.82, 2.24) is 0 Å². The molecule has 2 rings (SSSR count). The third kappa shape index (κ3) is 1.38. The van der Waals surface area contributed by atoms with Crippen LogP contribution in [0, 0.1) is 0 Å². The van der Waals surface area contributed by atoms with Gasteiger partial charge in [-0.2, -0.15) is 0 Å². The van der Waals surface area contributed by atoms with E-state index in [1.165, 1.54) is 12.1 Å². The number of aliphatic carboxylic acids is 1. The molecule has 0 saturated heterocycles. The summed E-state index contributed by atoms with van der Waals surface area (Å²) in [5, 5.41) is 17.8. The number of aliphatic hydroxyl groups excluding tert-OH is 1. The topological polar surface area (TPSA) is 76.0 Å². The normalized spacial score (nSPS) is 15.2. The summed E-state index contributed by atoms with van der Waals surface area (Å²) in [5.41, 5.74) is 0.279. The largest absolute Gasteiger partial charge is 0.479 e. The Bertz CT molecular complexity index is 373. The molecule has 0 saturated carbocycles. The number of rotatable bonds is 2. The molecule has 74 valence electrons. The molecule has 1 heterocycles. The molecule has 2 N–H and O–H groups in total. The molecule has 0 unspecified atom stereocenters. The maximum absolute atomic E-state index is 10.5. The van der Waals surface area contributed by atoms with E-state index in [-0.39, 0.29) is 12.4 Å². The zero-order valence-corrected chi connectivity index (χ0v) is 7.14. The highest BCUT2D eigenvalue weighted by atomic mass is 16.7. The number of fused-ring (bicyclic) bond motifs is 1. The molecule has 5 nitrogen and oxygen atoms in total. The predicted molar refractivity (Wildman–Crippen MR) is 45.2 cm³/mol. The molecule has 5 heteroatoms. The van der Waals surface area contributed by atoms with Crippen LogP contribution >= 0.6 is 0 Å². The fourth-order valence-corrected chi connectivity index (χ4v) is 1.23. The van der Waals surface area contributed by atoms with Crippen molar-refractivity contribution >= 4 is 5.97 Å². The number of carboxylic acid groups (broad SMARTS) is 1. The van der Waals surface area contributed by atoms with Crippen molar-refractivity contribution in [3.05, 3.63) is 23.8 Å². The zero-order chi connectivity index (χ0) is 10.1. The van der Waals surface area contributed by atoms with Gasteiger partial charge in [-0.3, -0.25) is 0 Å². The molecular weight excluding hydrogens is 188 g/mol. The van der Waals surface area contributed by atoms with Gasteiger partial charge in [0, 0.05) is 0 Å².